The van der Waals surface area contributed by atoms with E-state index in [0.29, 0.717) is 13.1 Å². The first-order chi connectivity index (χ1) is 3.70. The first kappa shape index (κ1) is 5.98. The van der Waals surface area contributed by atoms with Crippen molar-refractivity contribution in [2.75, 3.05) is 20.1 Å². The van der Waals surface area contributed by atoms with Crippen LogP contribution in [0.3, 0.4) is 0 Å². The van der Waals surface area contributed by atoms with Crippen molar-refractivity contribution in [2.24, 2.45) is 5.73 Å². The first-order valence-electron chi connectivity index (χ1n) is 2.78. The van der Waals surface area contributed by atoms with E-state index < -0.39 is 6.17 Å². The molecule has 0 unspecified atom stereocenters. The van der Waals surface area contributed by atoms with Gasteiger partial charge in [0.1, 0.15) is 6.17 Å². The van der Waals surface area contributed by atoms with Gasteiger partial charge in [0, 0.05) is 19.1 Å². The lowest BCUT2D eigenvalue weighted by atomic mass is 10.3. The van der Waals surface area contributed by atoms with Crippen molar-refractivity contribution in [1.29, 1.82) is 0 Å². The van der Waals surface area contributed by atoms with E-state index in [0.717, 1.165) is 0 Å². The van der Waals surface area contributed by atoms with Gasteiger partial charge >= 0.3 is 0 Å². The highest BCUT2D eigenvalue weighted by molar-refractivity contribution is 4.84. The fourth-order valence-electron chi connectivity index (χ4n) is 0.982. The zero-order valence-electron chi connectivity index (χ0n) is 4.97. The van der Waals surface area contributed by atoms with E-state index >= 15 is 0 Å². The SMILES string of the molecule is CN1C[C@H](N)[C@@H](F)C1. The molecule has 2 N–H and O–H groups in total. The lowest BCUT2D eigenvalue weighted by Gasteiger charge is -2.02. The predicted octanol–water partition coefficient (Wildman–Crippen LogP) is -0.403. The van der Waals surface area contributed by atoms with Crippen molar-refractivity contribution in [2.45, 2.75) is 12.2 Å². The summed E-state index contributed by atoms with van der Waals surface area (Å²) in [7, 11) is 1.87. The topological polar surface area (TPSA) is 29.3 Å². The highest BCUT2D eigenvalue weighted by Crippen LogP contribution is 2.07. The lowest BCUT2D eigenvalue weighted by Crippen LogP contribution is -2.29. The number of nitrogens with two attached hydrogens (primary N) is 1. The molecule has 0 spiro atoms. The van der Waals surface area contributed by atoms with Gasteiger partial charge in [-0.2, -0.15) is 0 Å². The van der Waals surface area contributed by atoms with E-state index in [-0.39, 0.29) is 6.04 Å². The summed E-state index contributed by atoms with van der Waals surface area (Å²) in [4.78, 5) is 1.90. The quantitative estimate of drug-likeness (QED) is 0.469. The van der Waals surface area contributed by atoms with E-state index in [1.807, 2.05) is 11.9 Å². The van der Waals surface area contributed by atoms with Crippen molar-refractivity contribution >= 4 is 0 Å². The van der Waals surface area contributed by atoms with Crippen LogP contribution < -0.4 is 5.73 Å². The number of likely N-dealkylation sites (N-methyl/N-ethyl adjacent to an activating group) is 1. The Morgan fingerprint density at radius 2 is 2.25 bits per heavy atom. The van der Waals surface area contributed by atoms with Gasteiger partial charge in [-0.1, -0.05) is 0 Å². The summed E-state index contributed by atoms with van der Waals surface area (Å²) in [5.41, 5.74) is 5.35. The molecular weight excluding hydrogens is 107 g/mol. The number of nitrogens with zero attached hydrogens (tertiary/aromatic N) is 1. The number of hydrogen-bond donors (Lipinski definition) is 1. The molecule has 2 nitrogen and oxygen atoms in total. The maximum atomic E-state index is 12.4. The van der Waals surface area contributed by atoms with Gasteiger partial charge in [0.05, 0.1) is 0 Å². The molecule has 1 saturated heterocycles. The Morgan fingerprint density at radius 3 is 2.38 bits per heavy atom. The Balaban J connectivity index is 2.39. The van der Waals surface area contributed by atoms with Crippen LogP contribution in [0.5, 0.6) is 0 Å². The van der Waals surface area contributed by atoms with Crippen LogP contribution in [0.25, 0.3) is 0 Å². The second-order valence-corrected chi connectivity index (χ2v) is 2.40. The zero-order chi connectivity index (χ0) is 6.15. The zero-order valence-corrected chi connectivity index (χ0v) is 4.97. The van der Waals surface area contributed by atoms with Crippen LogP contribution >= 0.6 is 0 Å². The second kappa shape index (κ2) is 1.99. The van der Waals surface area contributed by atoms with E-state index in [1.165, 1.54) is 0 Å². The second-order valence-electron chi connectivity index (χ2n) is 2.40. The summed E-state index contributed by atoms with van der Waals surface area (Å²) in [5.74, 6) is 0. The van der Waals surface area contributed by atoms with Crippen LogP contribution in [-0.2, 0) is 0 Å². The third-order valence-electron chi connectivity index (χ3n) is 1.47. The molecule has 1 aliphatic rings. The number of likely N-dealkylation sites (tertiary alicyclic amines) is 1. The maximum Gasteiger partial charge on any atom is 0.129 e. The predicted molar refractivity (Wildman–Crippen MR) is 30.4 cm³/mol. The number of alkyl halides is 1. The van der Waals surface area contributed by atoms with Crippen LogP contribution in [0.1, 0.15) is 0 Å². The van der Waals surface area contributed by atoms with Crippen LogP contribution in [-0.4, -0.2) is 37.3 Å². The highest BCUT2D eigenvalue weighted by Gasteiger charge is 2.26. The first-order valence-corrected chi connectivity index (χ1v) is 2.78. The van der Waals surface area contributed by atoms with Gasteiger partial charge in [-0.15, -0.1) is 0 Å². The Morgan fingerprint density at radius 1 is 1.62 bits per heavy atom. The Kier molecular flexibility index (Phi) is 1.49. The maximum absolute atomic E-state index is 12.4. The van der Waals surface area contributed by atoms with Gasteiger partial charge in [-0.05, 0) is 7.05 Å². The smallest absolute Gasteiger partial charge is 0.129 e. The summed E-state index contributed by atoms with van der Waals surface area (Å²) in [6.45, 7) is 1.20. The highest BCUT2D eigenvalue weighted by atomic mass is 19.1. The molecule has 0 bridgehead atoms. The molecule has 48 valence electrons. The fourth-order valence-corrected chi connectivity index (χ4v) is 0.982. The molecule has 0 aromatic carbocycles. The van der Waals surface area contributed by atoms with Crippen molar-refractivity contribution in [3.8, 4) is 0 Å². The largest absolute Gasteiger partial charge is 0.324 e. The van der Waals surface area contributed by atoms with E-state index in [4.69, 9.17) is 5.73 Å². The summed E-state index contributed by atoms with van der Waals surface area (Å²) in [6.07, 6.45) is -0.806. The molecule has 0 aromatic heterocycles. The molecule has 0 saturated carbocycles. The summed E-state index contributed by atoms with van der Waals surface area (Å²) in [5, 5.41) is 0. The molecule has 3 heteroatoms. The Hall–Kier alpha value is -0.150. The van der Waals surface area contributed by atoms with Crippen molar-refractivity contribution in [3.63, 3.8) is 0 Å². The number of hydrogen-bond acceptors (Lipinski definition) is 2. The molecule has 0 aromatic rings. The van der Waals surface area contributed by atoms with Crippen LogP contribution in [0.15, 0.2) is 0 Å². The molecule has 1 aliphatic heterocycles. The molecule has 0 radical (unpaired) electrons. The van der Waals surface area contributed by atoms with Crippen LogP contribution in [0.2, 0.25) is 0 Å². The van der Waals surface area contributed by atoms with E-state index in [2.05, 4.69) is 0 Å². The normalized spacial score (nSPS) is 40.9. The minimum atomic E-state index is -0.806. The van der Waals surface area contributed by atoms with Gasteiger partial charge in [-0.25, -0.2) is 4.39 Å². The summed E-state index contributed by atoms with van der Waals surface area (Å²) < 4.78 is 12.4. The summed E-state index contributed by atoms with van der Waals surface area (Å²) >= 11 is 0. The van der Waals surface area contributed by atoms with Crippen molar-refractivity contribution in [3.05, 3.63) is 0 Å². The Bertz CT molecular complexity index is 76.5. The minimum Gasteiger partial charge on any atom is -0.324 e. The summed E-state index contributed by atoms with van der Waals surface area (Å²) in [6, 6.07) is -0.250. The van der Waals surface area contributed by atoms with E-state index in [9.17, 15) is 4.39 Å². The van der Waals surface area contributed by atoms with Gasteiger partial charge < -0.3 is 10.6 Å². The Labute approximate surface area is 48.5 Å². The van der Waals surface area contributed by atoms with Gasteiger partial charge in [0.15, 0.2) is 0 Å². The fraction of sp³-hybridized carbons (Fsp3) is 1.00. The van der Waals surface area contributed by atoms with Crippen LogP contribution in [0, 0.1) is 0 Å². The molecule has 1 fully saturated rings. The molecule has 0 amide bonds. The number of halogens is 1. The number of rotatable bonds is 0. The monoisotopic (exact) mass is 118 g/mol. The molecule has 1 rings (SSSR count). The van der Waals surface area contributed by atoms with Crippen molar-refractivity contribution in [1.82, 2.24) is 4.90 Å². The lowest BCUT2D eigenvalue weighted by molar-refractivity contribution is 0.309. The van der Waals surface area contributed by atoms with Gasteiger partial charge in [-0.3, -0.25) is 0 Å². The molecule has 8 heavy (non-hydrogen) atoms. The minimum absolute atomic E-state index is 0.250. The average molecular weight is 118 g/mol. The molecule has 2 atom stereocenters. The van der Waals surface area contributed by atoms with Crippen LogP contribution in [0.4, 0.5) is 4.39 Å². The van der Waals surface area contributed by atoms with Gasteiger partial charge in [0.25, 0.3) is 0 Å². The van der Waals surface area contributed by atoms with E-state index in [1.54, 1.807) is 0 Å². The molecular formula is C5H11FN2. The van der Waals surface area contributed by atoms with Crippen molar-refractivity contribution < 1.29 is 4.39 Å². The standard InChI is InChI=1S/C5H11FN2/c1-8-2-4(6)5(7)3-8/h4-5H,2-3,7H2,1H3/t4-,5-/m0/s1. The van der Waals surface area contributed by atoms with Gasteiger partial charge in [0.2, 0.25) is 0 Å². The molecule has 0 aliphatic carbocycles. The average Bonchev–Trinajstić information content (AvgIpc) is 1.85. The third-order valence-corrected chi connectivity index (χ3v) is 1.47. The third kappa shape index (κ3) is 0.980. The molecule has 1 heterocycles.